The second-order valence-corrected chi connectivity index (χ2v) is 7.03. The smallest absolute Gasteiger partial charge is 0.315 e. The highest BCUT2D eigenvalue weighted by Crippen LogP contribution is 2.41. The van der Waals surface area contributed by atoms with Gasteiger partial charge in [0, 0.05) is 17.2 Å². The molecule has 0 radical (unpaired) electrons. The zero-order valence-electron chi connectivity index (χ0n) is 15.0. The van der Waals surface area contributed by atoms with E-state index < -0.39 is 22.1 Å². The van der Waals surface area contributed by atoms with E-state index in [1.807, 2.05) is 30.3 Å². The molecule has 4 rings (SSSR count). The maximum Gasteiger partial charge on any atom is 0.315 e. The topological polar surface area (TPSA) is 156 Å². The molecule has 4 aromatic rings. The van der Waals surface area contributed by atoms with Crippen molar-refractivity contribution in [2.75, 3.05) is 0 Å². The van der Waals surface area contributed by atoms with Gasteiger partial charge in [-0.15, -0.1) is 0 Å². The molecule has 0 saturated carbocycles. The number of pyridine rings is 1. The quantitative estimate of drug-likeness (QED) is 0.243. The Labute approximate surface area is 172 Å². The zero-order valence-corrected chi connectivity index (χ0v) is 15.8. The van der Waals surface area contributed by atoms with Gasteiger partial charge in [0.1, 0.15) is 5.03 Å². The van der Waals surface area contributed by atoms with Crippen LogP contribution in [0.15, 0.2) is 69.2 Å². The maximum absolute atomic E-state index is 11.0. The molecule has 0 atom stereocenters. The molecule has 2 aromatic heterocycles. The summed E-state index contributed by atoms with van der Waals surface area (Å²) in [5.74, 6) is -1.84. The van der Waals surface area contributed by atoms with E-state index in [0.29, 0.717) is 5.03 Å². The van der Waals surface area contributed by atoms with Crippen LogP contribution in [0.25, 0.3) is 22.8 Å². The third-order valence-electron chi connectivity index (χ3n) is 4.03. The summed E-state index contributed by atoms with van der Waals surface area (Å²) in [6.45, 7) is 0. The van der Waals surface area contributed by atoms with Crippen molar-refractivity contribution in [3.05, 3.63) is 64.8 Å². The molecule has 11 heteroatoms. The molecule has 0 fully saturated rings. The Morgan fingerprint density at radius 3 is 2.53 bits per heavy atom. The normalized spacial score (nSPS) is 10.8. The molecule has 0 amide bonds. The van der Waals surface area contributed by atoms with Crippen molar-refractivity contribution in [2.45, 2.75) is 9.92 Å². The third kappa shape index (κ3) is 3.61. The number of phenolic OH excluding ortho intramolecular Hbond substituents is 2. The van der Waals surface area contributed by atoms with Crippen molar-refractivity contribution >= 4 is 17.4 Å². The number of nitrogens with zero attached hydrogens (tertiary/aromatic N) is 4. The second kappa shape index (κ2) is 7.72. The van der Waals surface area contributed by atoms with Gasteiger partial charge in [-0.1, -0.05) is 35.1 Å². The van der Waals surface area contributed by atoms with Gasteiger partial charge >= 0.3 is 5.69 Å². The van der Waals surface area contributed by atoms with Crippen LogP contribution in [0, 0.1) is 10.1 Å². The summed E-state index contributed by atoms with van der Waals surface area (Å²) in [6, 6.07) is 12.9. The summed E-state index contributed by atoms with van der Waals surface area (Å²) in [5.41, 5.74) is -0.433. The molecule has 0 aliphatic rings. The van der Waals surface area contributed by atoms with Gasteiger partial charge < -0.3 is 19.8 Å². The molecule has 3 N–H and O–H groups in total. The van der Waals surface area contributed by atoms with Crippen LogP contribution in [-0.4, -0.2) is 35.4 Å². The molecule has 150 valence electrons. The number of hydrogen-bond donors (Lipinski definition) is 3. The van der Waals surface area contributed by atoms with Gasteiger partial charge in [0.2, 0.25) is 11.6 Å². The van der Waals surface area contributed by atoms with Gasteiger partial charge in [-0.2, -0.15) is 4.98 Å². The van der Waals surface area contributed by atoms with E-state index in [2.05, 4.69) is 15.1 Å². The monoisotopic (exact) mass is 424 g/mol. The van der Waals surface area contributed by atoms with Gasteiger partial charge in [-0.05, 0) is 24.3 Å². The van der Waals surface area contributed by atoms with E-state index in [1.165, 1.54) is 24.0 Å². The Balaban J connectivity index is 1.70. The summed E-state index contributed by atoms with van der Waals surface area (Å²) < 4.78 is 5.13. The van der Waals surface area contributed by atoms with Crippen LogP contribution >= 0.6 is 11.8 Å². The Morgan fingerprint density at radius 1 is 1.03 bits per heavy atom. The summed E-state index contributed by atoms with van der Waals surface area (Å²) in [7, 11) is 0. The fourth-order valence-electron chi connectivity index (χ4n) is 2.61. The molecule has 0 saturated heterocycles. The number of rotatable bonds is 5. The first-order valence-corrected chi connectivity index (χ1v) is 9.21. The predicted octanol–water partition coefficient (Wildman–Crippen LogP) is 3.97. The van der Waals surface area contributed by atoms with E-state index in [9.17, 15) is 25.4 Å². The van der Waals surface area contributed by atoms with Crippen LogP contribution < -0.4 is 0 Å². The molecular weight excluding hydrogens is 412 g/mol. The Kier molecular flexibility index (Phi) is 4.94. The lowest BCUT2D eigenvalue weighted by Crippen LogP contribution is -1.90. The maximum atomic E-state index is 11.0. The lowest BCUT2D eigenvalue weighted by molar-refractivity contribution is -0.385. The van der Waals surface area contributed by atoms with Crippen LogP contribution in [0.5, 0.6) is 17.2 Å². The first-order valence-electron chi connectivity index (χ1n) is 8.39. The lowest BCUT2D eigenvalue weighted by atomic mass is 10.1. The largest absolute Gasteiger partial charge is 0.504 e. The van der Waals surface area contributed by atoms with Gasteiger partial charge in [0.05, 0.1) is 16.1 Å². The van der Waals surface area contributed by atoms with Crippen LogP contribution in [0.3, 0.4) is 0 Å². The predicted molar refractivity (Wildman–Crippen MR) is 105 cm³/mol. The number of aromatic nitrogens is 3. The first-order chi connectivity index (χ1) is 14.4. The van der Waals surface area contributed by atoms with Crippen molar-refractivity contribution in [3.63, 3.8) is 0 Å². The van der Waals surface area contributed by atoms with Gasteiger partial charge in [0.25, 0.3) is 5.89 Å². The average molecular weight is 424 g/mol. The molecule has 10 nitrogen and oxygen atoms in total. The third-order valence-corrected chi connectivity index (χ3v) is 5.03. The molecule has 30 heavy (non-hydrogen) atoms. The van der Waals surface area contributed by atoms with E-state index in [4.69, 9.17) is 4.52 Å². The minimum absolute atomic E-state index is 0.0232. The number of hydrogen-bond acceptors (Lipinski definition) is 10. The lowest BCUT2D eigenvalue weighted by Gasteiger charge is -2.05. The summed E-state index contributed by atoms with van der Waals surface area (Å²) in [4.78, 5) is 19.4. The Morgan fingerprint density at radius 2 is 1.80 bits per heavy atom. The molecule has 0 aliphatic carbocycles. The summed E-state index contributed by atoms with van der Waals surface area (Å²) in [5, 5.41) is 45.1. The van der Waals surface area contributed by atoms with Gasteiger partial charge in [-0.25, -0.2) is 4.98 Å². The number of nitro groups is 1. The molecule has 2 heterocycles. The molecule has 2 aromatic carbocycles. The number of phenols is 2. The fourth-order valence-corrected chi connectivity index (χ4v) is 3.44. The highest BCUT2D eigenvalue weighted by molar-refractivity contribution is 7.99. The van der Waals surface area contributed by atoms with Crippen molar-refractivity contribution in [1.29, 1.82) is 0 Å². The highest BCUT2D eigenvalue weighted by atomic mass is 32.2. The minimum Gasteiger partial charge on any atom is -0.504 e. The molecule has 0 aliphatic heterocycles. The molecule has 0 unspecified atom stereocenters. The van der Waals surface area contributed by atoms with E-state index in [1.54, 1.807) is 0 Å². The van der Waals surface area contributed by atoms with Gasteiger partial charge in [0.15, 0.2) is 11.5 Å². The average Bonchev–Trinajstić information content (AvgIpc) is 3.22. The number of aromatic hydroxyl groups is 3. The number of nitro benzene ring substituents is 1. The molecule has 0 spiro atoms. The Bertz CT molecular complexity index is 1250. The first kappa shape index (κ1) is 19.2. The molecule has 0 bridgehead atoms. The second-order valence-electron chi connectivity index (χ2n) is 5.97. The van der Waals surface area contributed by atoms with E-state index in [-0.39, 0.29) is 28.6 Å². The van der Waals surface area contributed by atoms with Crippen LogP contribution in [0.1, 0.15) is 0 Å². The summed E-state index contributed by atoms with van der Waals surface area (Å²) >= 11 is 1.25. The van der Waals surface area contributed by atoms with Gasteiger partial charge in [-0.3, -0.25) is 10.1 Å². The minimum atomic E-state index is -0.863. The Hall–Kier alpha value is -4.12. The van der Waals surface area contributed by atoms with Crippen molar-refractivity contribution in [1.82, 2.24) is 15.1 Å². The zero-order chi connectivity index (χ0) is 21.3. The van der Waals surface area contributed by atoms with Crippen LogP contribution in [0.2, 0.25) is 0 Å². The van der Waals surface area contributed by atoms with Crippen molar-refractivity contribution in [2.24, 2.45) is 0 Å². The van der Waals surface area contributed by atoms with Crippen molar-refractivity contribution in [3.8, 4) is 40.1 Å². The van der Waals surface area contributed by atoms with Crippen molar-refractivity contribution < 1.29 is 24.8 Å². The SMILES string of the molecule is O=[N+]([O-])c1cc(-c2nc(-c3ccnc(Sc4ccccc4)c3O)no2)cc(O)c1O. The highest BCUT2D eigenvalue weighted by Gasteiger charge is 2.23. The van der Waals surface area contributed by atoms with E-state index >= 15 is 0 Å². The van der Waals surface area contributed by atoms with Crippen LogP contribution in [0.4, 0.5) is 5.69 Å². The fraction of sp³-hybridized carbons (Fsp3) is 0. The summed E-state index contributed by atoms with van der Waals surface area (Å²) in [6.07, 6.45) is 1.48. The van der Waals surface area contributed by atoms with Crippen LogP contribution in [-0.2, 0) is 0 Å². The van der Waals surface area contributed by atoms with E-state index in [0.717, 1.165) is 17.0 Å². The standard InChI is InChI=1S/C19H12N4O6S/c24-14-9-10(8-13(16(14)26)23(27)28)18-21-17(22-29-18)12-6-7-20-19(15(12)25)30-11-4-2-1-3-5-11/h1-9,24-26H. The molecular formula is C19H12N4O6S. The number of benzene rings is 2.